The van der Waals surface area contributed by atoms with Gasteiger partial charge in [-0.25, -0.2) is 9.97 Å². The van der Waals surface area contributed by atoms with Gasteiger partial charge in [0, 0.05) is 45.6 Å². The van der Waals surface area contributed by atoms with Crippen molar-refractivity contribution in [2.45, 2.75) is 27.2 Å². The lowest BCUT2D eigenvalue weighted by atomic mass is 10.0. The minimum atomic E-state index is 0.548. The van der Waals surface area contributed by atoms with Crippen LogP contribution in [0.4, 0.5) is 0 Å². The SMILES string of the molecule is C=C(C)O/N=C(/C)Cc1cc2[nH]c3nc(C)nc(-c4cccc5[nH]ccc45)c3c2cc1OC. The first kappa shape index (κ1) is 20.8. The summed E-state index contributed by atoms with van der Waals surface area (Å²) in [6.07, 6.45) is 2.54. The molecular weight excluding hydrogens is 414 g/mol. The van der Waals surface area contributed by atoms with Gasteiger partial charge in [0.25, 0.3) is 0 Å². The Labute approximate surface area is 191 Å². The van der Waals surface area contributed by atoms with Gasteiger partial charge in [-0.15, -0.1) is 0 Å². The van der Waals surface area contributed by atoms with E-state index in [9.17, 15) is 0 Å². The van der Waals surface area contributed by atoms with Gasteiger partial charge in [-0.1, -0.05) is 23.9 Å². The standard InChI is InChI=1S/C26H25N5O2/c1-14(2)33-31-15(3)11-17-12-22-20(13-23(17)32-5)24-25(28-16(4)29-26(24)30-22)19-7-6-8-21-18(19)9-10-27-21/h6-10,12-13,27H,1,11H2,2-5H3,(H,28,29,30)/b31-15-. The predicted octanol–water partition coefficient (Wildman–Crippen LogP) is 6.05. The third-order valence-corrected chi connectivity index (χ3v) is 5.62. The summed E-state index contributed by atoms with van der Waals surface area (Å²) in [6, 6.07) is 12.4. The number of hydrogen-bond acceptors (Lipinski definition) is 5. The van der Waals surface area contributed by atoms with Crippen LogP contribution in [0.3, 0.4) is 0 Å². The molecule has 0 fully saturated rings. The maximum absolute atomic E-state index is 5.75. The van der Waals surface area contributed by atoms with E-state index in [2.05, 4.69) is 52.0 Å². The van der Waals surface area contributed by atoms with Gasteiger partial charge < -0.3 is 19.5 Å². The Kier molecular flexibility index (Phi) is 5.09. The third-order valence-electron chi connectivity index (χ3n) is 5.62. The topological polar surface area (TPSA) is 88.2 Å². The lowest BCUT2D eigenvalue weighted by Gasteiger charge is -2.10. The molecule has 0 saturated carbocycles. The molecule has 0 unspecified atom stereocenters. The van der Waals surface area contributed by atoms with E-state index in [4.69, 9.17) is 19.5 Å². The zero-order valence-electron chi connectivity index (χ0n) is 19.1. The molecule has 0 saturated heterocycles. The number of aromatic nitrogens is 4. The molecule has 0 aliphatic heterocycles. The average molecular weight is 440 g/mol. The molecule has 5 aromatic rings. The van der Waals surface area contributed by atoms with Crippen molar-refractivity contribution in [1.82, 2.24) is 19.9 Å². The predicted molar refractivity (Wildman–Crippen MR) is 133 cm³/mol. The van der Waals surface area contributed by atoms with Crippen molar-refractivity contribution >= 4 is 38.6 Å². The number of aromatic amines is 2. The van der Waals surface area contributed by atoms with E-state index < -0.39 is 0 Å². The Balaban J connectivity index is 1.72. The van der Waals surface area contributed by atoms with Gasteiger partial charge in [0.05, 0.1) is 23.9 Å². The number of aryl methyl sites for hydroxylation is 1. The molecule has 0 radical (unpaired) electrons. The molecule has 0 spiro atoms. The van der Waals surface area contributed by atoms with E-state index in [0.29, 0.717) is 18.0 Å². The summed E-state index contributed by atoms with van der Waals surface area (Å²) in [5.74, 6) is 2.04. The fraction of sp³-hybridized carbons (Fsp3) is 0.192. The number of rotatable bonds is 6. The molecule has 166 valence electrons. The molecule has 0 bridgehead atoms. The zero-order chi connectivity index (χ0) is 23.1. The minimum absolute atomic E-state index is 0.548. The highest BCUT2D eigenvalue weighted by Gasteiger charge is 2.18. The summed E-state index contributed by atoms with van der Waals surface area (Å²) in [7, 11) is 1.68. The highest BCUT2D eigenvalue weighted by Crippen LogP contribution is 2.38. The van der Waals surface area contributed by atoms with Gasteiger partial charge >= 0.3 is 0 Å². The molecule has 3 heterocycles. The summed E-state index contributed by atoms with van der Waals surface area (Å²) < 4.78 is 5.75. The molecule has 3 aromatic heterocycles. The molecule has 0 atom stereocenters. The first-order valence-electron chi connectivity index (χ1n) is 10.7. The number of methoxy groups -OCH3 is 1. The normalized spacial score (nSPS) is 12.1. The number of nitrogens with zero attached hydrogens (tertiary/aromatic N) is 3. The number of oxime groups is 1. The lowest BCUT2D eigenvalue weighted by molar-refractivity contribution is 0.230. The summed E-state index contributed by atoms with van der Waals surface area (Å²) >= 11 is 0. The molecule has 5 rings (SSSR count). The van der Waals surface area contributed by atoms with Crippen LogP contribution in [0.25, 0.3) is 44.1 Å². The Bertz CT molecular complexity index is 1560. The molecule has 0 aliphatic carbocycles. The van der Waals surface area contributed by atoms with Crippen molar-refractivity contribution in [2.24, 2.45) is 5.16 Å². The lowest BCUT2D eigenvalue weighted by Crippen LogP contribution is -2.01. The van der Waals surface area contributed by atoms with Gasteiger partial charge in [0.1, 0.15) is 23.0 Å². The number of fused-ring (bicyclic) bond motifs is 4. The number of nitrogens with one attached hydrogen (secondary N) is 2. The van der Waals surface area contributed by atoms with Crippen LogP contribution in [0.15, 0.2) is 60.1 Å². The van der Waals surface area contributed by atoms with E-state index in [1.54, 1.807) is 14.0 Å². The maximum Gasteiger partial charge on any atom is 0.142 e. The van der Waals surface area contributed by atoms with Crippen molar-refractivity contribution in [3.8, 4) is 17.0 Å². The second-order valence-corrected chi connectivity index (χ2v) is 8.22. The Morgan fingerprint density at radius 3 is 2.73 bits per heavy atom. The second-order valence-electron chi connectivity index (χ2n) is 8.22. The molecule has 33 heavy (non-hydrogen) atoms. The maximum atomic E-state index is 5.75. The fourth-order valence-corrected chi connectivity index (χ4v) is 4.26. The Hall–Kier alpha value is -4.13. The summed E-state index contributed by atoms with van der Waals surface area (Å²) in [6.45, 7) is 9.32. The van der Waals surface area contributed by atoms with E-state index in [0.717, 1.165) is 61.1 Å². The number of hydrogen-bond donors (Lipinski definition) is 2. The summed E-state index contributed by atoms with van der Waals surface area (Å²) in [5.41, 5.74) is 6.63. The van der Waals surface area contributed by atoms with Crippen molar-refractivity contribution in [3.05, 3.63) is 66.3 Å². The number of benzene rings is 2. The third kappa shape index (κ3) is 3.71. The molecule has 2 N–H and O–H groups in total. The van der Waals surface area contributed by atoms with Gasteiger partial charge in [0.15, 0.2) is 0 Å². The fourth-order valence-electron chi connectivity index (χ4n) is 4.26. The van der Waals surface area contributed by atoms with Crippen LogP contribution in [0.1, 0.15) is 25.2 Å². The van der Waals surface area contributed by atoms with Crippen LogP contribution in [0, 0.1) is 6.92 Å². The van der Waals surface area contributed by atoms with Crippen LogP contribution in [-0.4, -0.2) is 32.8 Å². The van der Waals surface area contributed by atoms with Crippen molar-refractivity contribution in [3.63, 3.8) is 0 Å². The highest BCUT2D eigenvalue weighted by molar-refractivity contribution is 6.15. The van der Waals surface area contributed by atoms with Crippen molar-refractivity contribution in [2.75, 3.05) is 7.11 Å². The van der Waals surface area contributed by atoms with E-state index in [-0.39, 0.29) is 0 Å². The van der Waals surface area contributed by atoms with Gasteiger partial charge in [-0.2, -0.15) is 0 Å². The smallest absolute Gasteiger partial charge is 0.142 e. The number of H-pyrrole nitrogens is 2. The van der Waals surface area contributed by atoms with Crippen LogP contribution in [0.5, 0.6) is 5.75 Å². The van der Waals surface area contributed by atoms with Crippen molar-refractivity contribution < 1.29 is 9.57 Å². The molecule has 0 aliphatic rings. The molecule has 7 heteroatoms. The van der Waals surface area contributed by atoms with E-state index in [1.165, 1.54) is 0 Å². The Morgan fingerprint density at radius 1 is 1.09 bits per heavy atom. The van der Waals surface area contributed by atoms with Gasteiger partial charge in [0.2, 0.25) is 0 Å². The largest absolute Gasteiger partial charge is 0.496 e. The summed E-state index contributed by atoms with van der Waals surface area (Å²) in [4.78, 5) is 21.5. The van der Waals surface area contributed by atoms with E-state index in [1.807, 2.05) is 26.1 Å². The van der Waals surface area contributed by atoms with Crippen LogP contribution < -0.4 is 4.74 Å². The first-order valence-corrected chi connectivity index (χ1v) is 10.7. The molecule has 2 aromatic carbocycles. The highest BCUT2D eigenvalue weighted by atomic mass is 16.6. The molecule has 0 amide bonds. The van der Waals surface area contributed by atoms with Crippen molar-refractivity contribution in [1.29, 1.82) is 0 Å². The average Bonchev–Trinajstić information content (AvgIpc) is 3.40. The number of allylic oxidation sites excluding steroid dienone is 1. The van der Waals surface area contributed by atoms with E-state index >= 15 is 0 Å². The van der Waals surface area contributed by atoms with Crippen LogP contribution in [0.2, 0.25) is 0 Å². The Morgan fingerprint density at radius 2 is 1.94 bits per heavy atom. The summed E-state index contributed by atoms with van der Waals surface area (Å²) in [5, 5.41) is 7.25. The minimum Gasteiger partial charge on any atom is -0.496 e. The molecule has 7 nitrogen and oxygen atoms in total. The first-order chi connectivity index (χ1) is 15.9. The van der Waals surface area contributed by atoms with Gasteiger partial charge in [-0.3, -0.25) is 0 Å². The quantitative estimate of drug-likeness (QED) is 0.192. The van der Waals surface area contributed by atoms with Crippen LogP contribution in [-0.2, 0) is 11.3 Å². The second kappa shape index (κ2) is 8.09. The van der Waals surface area contributed by atoms with Crippen LogP contribution >= 0.6 is 0 Å². The zero-order valence-corrected chi connectivity index (χ0v) is 19.1. The van der Waals surface area contributed by atoms with Gasteiger partial charge in [-0.05, 0) is 45.0 Å². The molecular formula is C26H25N5O2. The monoisotopic (exact) mass is 439 g/mol. The number of ether oxygens (including phenoxy) is 1.